The molecule has 15 heavy (non-hydrogen) atoms. The molecule has 88 valence electrons. The minimum absolute atomic E-state index is 0.0728. The molecule has 0 bridgehead atoms. The van der Waals surface area contributed by atoms with Crippen LogP contribution < -0.4 is 0 Å². The summed E-state index contributed by atoms with van der Waals surface area (Å²) in [5.41, 5.74) is 0. The Balaban J connectivity index is 1.51. The van der Waals surface area contributed by atoms with E-state index in [2.05, 4.69) is 0 Å². The van der Waals surface area contributed by atoms with Crippen molar-refractivity contribution < 1.29 is 14.6 Å². The van der Waals surface area contributed by atoms with Gasteiger partial charge >= 0.3 is 0 Å². The van der Waals surface area contributed by atoms with Gasteiger partial charge in [0.05, 0.1) is 18.8 Å². The van der Waals surface area contributed by atoms with E-state index in [1.165, 1.54) is 19.3 Å². The van der Waals surface area contributed by atoms with Gasteiger partial charge in [-0.3, -0.25) is 0 Å². The standard InChI is InChI=1S/C12H22O3/c13-12-5-1-3-10(12)6-8-14-9-11-4-2-7-15-11/h10-13H,1-9H2. The first-order valence-electron chi connectivity index (χ1n) is 6.23. The second-order valence-corrected chi connectivity index (χ2v) is 4.76. The Kier molecular flexibility index (Phi) is 4.42. The number of aliphatic hydroxyl groups is 1. The predicted octanol–water partition coefficient (Wildman–Crippen LogP) is 1.73. The molecule has 1 heterocycles. The summed E-state index contributed by atoms with van der Waals surface area (Å²) in [7, 11) is 0. The molecular formula is C12H22O3. The average Bonchev–Trinajstić information content (AvgIpc) is 2.85. The van der Waals surface area contributed by atoms with Gasteiger partial charge in [-0.25, -0.2) is 0 Å². The van der Waals surface area contributed by atoms with Gasteiger partial charge in [0, 0.05) is 13.2 Å². The molecule has 2 aliphatic rings. The Morgan fingerprint density at radius 3 is 2.80 bits per heavy atom. The van der Waals surface area contributed by atoms with Crippen LogP contribution in [0, 0.1) is 5.92 Å². The van der Waals surface area contributed by atoms with Gasteiger partial charge < -0.3 is 14.6 Å². The van der Waals surface area contributed by atoms with E-state index in [0.717, 1.165) is 39.1 Å². The number of ether oxygens (including phenoxy) is 2. The molecule has 0 spiro atoms. The molecule has 2 rings (SSSR count). The largest absolute Gasteiger partial charge is 0.393 e. The van der Waals surface area contributed by atoms with Gasteiger partial charge in [0.15, 0.2) is 0 Å². The molecule has 0 radical (unpaired) electrons. The lowest BCUT2D eigenvalue weighted by atomic mass is 10.0. The van der Waals surface area contributed by atoms with Crippen molar-refractivity contribution in [1.29, 1.82) is 0 Å². The summed E-state index contributed by atoms with van der Waals surface area (Å²) >= 11 is 0. The molecule has 3 unspecified atom stereocenters. The first-order valence-corrected chi connectivity index (χ1v) is 6.23. The highest BCUT2D eigenvalue weighted by Gasteiger charge is 2.24. The van der Waals surface area contributed by atoms with Crippen molar-refractivity contribution in [2.45, 2.75) is 50.7 Å². The van der Waals surface area contributed by atoms with E-state index in [-0.39, 0.29) is 6.10 Å². The van der Waals surface area contributed by atoms with E-state index < -0.39 is 0 Å². The van der Waals surface area contributed by atoms with Crippen molar-refractivity contribution in [1.82, 2.24) is 0 Å². The van der Waals surface area contributed by atoms with Crippen LogP contribution in [0.3, 0.4) is 0 Å². The third-order valence-electron chi connectivity index (χ3n) is 3.58. The van der Waals surface area contributed by atoms with Crippen LogP contribution in [-0.2, 0) is 9.47 Å². The zero-order valence-corrected chi connectivity index (χ0v) is 9.36. The summed E-state index contributed by atoms with van der Waals surface area (Å²) in [6.45, 7) is 2.42. The van der Waals surface area contributed by atoms with Gasteiger partial charge in [0.2, 0.25) is 0 Å². The molecule has 2 fully saturated rings. The number of hydrogen-bond acceptors (Lipinski definition) is 3. The summed E-state index contributed by atoms with van der Waals surface area (Å²) < 4.78 is 11.1. The van der Waals surface area contributed by atoms with Crippen molar-refractivity contribution in [2.75, 3.05) is 19.8 Å². The van der Waals surface area contributed by atoms with Crippen LogP contribution in [-0.4, -0.2) is 37.1 Å². The van der Waals surface area contributed by atoms with Crippen LogP contribution in [0.5, 0.6) is 0 Å². The average molecular weight is 214 g/mol. The molecule has 1 aliphatic carbocycles. The van der Waals surface area contributed by atoms with E-state index in [0.29, 0.717) is 12.0 Å². The number of rotatable bonds is 5. The summed E-state index contributed by atoms with van der Waals surface area (Å²) in [5.74, 6) is 0.481. The van der Waals surface area contributed by atoms with Crippen LogP contribution in [0.25, 0.3) is 0 Å². The lowest BCUT2D eigenvalue weighted by molar-refractivity contribution is 0.00818. The van der Waals surface area contributed by atoms with E-state index >= 15 is 0 Å². The fourth-order valence-corrected chi connectivity index (χ4v) is 2.58. The van der Waals surface area contributed by atoms with Crippen molar-refractivity contribution in [3.05, 3.63) is 0 Å². The fourth-order valence-electron chi connectivity index (χ4n) is 2.58. The van der Waals surface area contributed by atoms with Crippen LogP contribution in [0.2, 0.25) is 0 Å². The molecule has 3 heteroatoms. The van der Waals surface area contributed by atoms with Gasteiger partial charge in [0.25, 0.3) is 0 Å². The highest BCUT2D eigenvalue weighted by Crippen LogP contribution is 2.28. The Hall–Kier alpha value is -0.120. The minimum Gasteiger partial charge on any atom is -0.393 e. The first-order chi connectivity index (χ1) is 7.36. The fraction of sp³-hybridized carbons (Fsp3) is 1.00. The minimum atomic E-state index is -0.0728. The summed E-state index contributed by atoms with van der Waals surface area (Å²) in [5, 5.41) is 9.62. The summed E-state index contributed by atoms with van der Waals surface area (Å²) in [4.78, 5) is 0. The summed E-state index contributed by atoms with van der Waals surface area (Å²) in [6.07, 6.45) is 6.92. The topological polar surface area (TPSA) is 38.7 Å². The Bertz CT molecular complexity index is 178. The third kappa shape index (κ3) is 3.44. The van der Waals surface area contributed by atoms with Gasteiger partial charge in [-0.1, -0.05) is 6.42 Å². The second-order valence-electron chi connectivity index (χ2n) is 4.76. The van der Waals surface area contributed by atoms with E-state index in [1.54, 1.807) is 0 Å². The highest BCUT2D eigenvalue weighted by molar-refractivity contribution is 4.76. The Morgan fingerprint density at radius 1 is 1.20 bits per heavy atom. The summed E-state index contributed by atoms with van der Waals surface area (Å²) in [6, 6.07) is 0. The molecule has 3 atom stereocenters. The normalized spacial score (nSPS) is 36.2. The maximum Gasteiger partial charge on any atom is 0.0809 e. The second kappa shape index (κ2) is 5.83. The maximum atomic E-state index is 9.62. The van der Waals surface area contributed by atoms with Gasteiger partial charge in [0.1, 0.15) is 0 Å². The molecule has 1 N–H and O–H groups in total. The van der Waals surface area contributed by atoms with E-state index in [9.17, 15) is 5.11 Å². The molecule has 1 saturated heterocycles. The van der Waals surface area contributed by atoms with Crippen LogP contribution >= 0.6 is 0 Å². The van der Waals surface area contributed by atoms with Crippen molar-refractivity contribution in [3.8, 4) is 0 Å². The zero-order chi connectivity index (χ0) is 10.5. The Morgan fingerprint density at radius 2 is 2.13 bits per heavy atom. The smallest absolute Gasteiger partial charge is 0.0809 e. The zero-order valence-electron chi connectivity index (χ0n) is 9.36. The molecule has 0 amide bonds. The van der Waals surface area contributed by atoms with Crippen molar-refractivity contribution in [3.63, 3.8) is 0 Å². The van der Waals surface area contributed by atoms with Crippen LogP contribution in [0.4, 0.5) is 0 Å². The number of aliphatic hydroxyl groups excluding tert-OH is 1. The molecule has 0 aromatic carbocycles. The number of hydrogen-bond donors (Lipinski definition) is 1. The molecule has 3 nitrogen and oxygen atoms in total. The molecule has 0 aromatic rings. The van der Waals surface area contributed by atoms with Crippen LogP contribution in [0.15, 0.2) is 0 Å². The van der Waals surface area contributed by atoms with E-state index in [4.69, 9.17) is 9.47 Å². The lowest BCUT2D eigenvalue weighted by Gasteiger charge is -2.15. The molecular weight excluding hydrogens is 192 g/mol. The van der Waals surface area contributed by atoms with Crippen molar-refractivity contribution >= 4 is 0 Å². The lowest BCUT2D eigenvalue weighted by Crippen LogP contribution is -2.18. The third-order valence-corrected chi connectivity index (χ3v) is 3.58. The van der Waals surface area contributed by atoms with E-state index in [1.807, 2.05) is 0 Å². The molecule has 0 aromatic heterocycles. The Labute approximate surface area is 91.8 Å². The van der Waals surface area contributed by atoms with Gasteiger partial charge in [-0.05, 0) is 38.0 Å². The van der Waals surface area contributed by atoms with Crippen molar-refractivity contribution in [2.24, 2.45) is 5.92 Å². The SMILES string of the molecule is OC1CCCC1CCOCC1CCCO1. The molecule has 1 saturated carbocycles. The van der Waals surface area contributed by atoms with Gasteiger partial charge in [-0.2, -0.15) is 0 Å². The monoisotopic (exact) mass is 214 g/mol. The van der Waals surface area contributed by atoms with Crippen LogP contribution in [0.1, 0.15) is 38.5 Å². The first kappa shape index (κ1) is 11.4. The van der Waals surface area contributed by atoms with Gasteiger partial charge in [-0.15, -0.1) is 0 Å². The highest BCUT2D eigenvalue weighted by atomic mass is 16.5. The predicted molar refractivity (Wildman–Crippen MR) is 57.8 cm³/mol. The molecule has 1 aliphatic heterocycles. The maximum absolute atomic E-state index is 9.62. The quantitative estimate of drug-likeness (QED) is 0.708.